The van der Waals surface area contributed by atoms with Crippen LogP contribution in [0.4, 0.5) is 5.13 Å². The predicted molar refractivity (Wildman–Crippen MR) is 108 cm³/mol. The molecule has 0 saturated heterocycles. The van der Waals surface area contributed by atoms with Crippen LogP contribution >= 0.6 is 22.9 Å². The second kappa shape index (κ2) is 6.98. The number of nitrogens with zero attached hydrogens (tertiary/aromatic N) is 1. The normalized spacial score (nSPS) is 10.9. The number of thiazole rings is 1. The number of esters is 1. The summed E-state index contributed by atoms with van der Waals surface area (Å²) in [5.41, 5.74) is 1.66. The van der Waals surface area contributed by atoms with Crippen LogP contribution < -0.4 is 5.32 Å². The number of hydrogen-bond acceptors (Lipinski definition) is 5. The predicted octanol–water partition coefficient (Wildman–Crippen LogP) is 5.14. The van der Waals surface area contributed by atoms with Gasteiger partial charge in [0.1, 0.15) is 0 Å². The Morgan fingerprint density at radius 1 is 1.07 bits per heavy atom. The molecule has 0 aliphatic carbocycles. The van der Waals surface area contributed by atoms with Crippen molar-refractivity contribution in [2.75, 3.05) is 12.4 Å². The van der Waals surface area contributed by atoms with Crippen molar-refractivity contribution in [3.05, 3.63) is 70.7 Å². The smallest absolute Gasteiger partial charge is 0.337 e. The number of aromatic nitrogens is 1. The molecule has 0 aliphatic heterocycles. The van der Waals surface area contributed by atoms with Crippen molar-refractivity contribution in [2.45, 2.75) is 0 Å². The number of rotatable bonds is 3. The molecule has 0 atom stereocenters. The molecule has 7 heteroatoms. The van der Waals surface area contributed by atoms with Crippen LogP contribution in [0.3, 0.4) is 0 Å². The Bertz CT molecular complexity index is 1200. The average Bonchev–Trinajstić information content (AvgIpc) is 3.08. The highest BCUT2D eigenvalue weighted by Crippen LogP contribution is 2.29. The number of halogens is 1. The van der Waals surface area contributed by atoms with E-state index in [0.717, 1.165) is 15.5 Å². The third kappa shape index (κ3) is 3.25. The Labute approximate surface area is 163 Å². The molecule has 0 unspecified atom stereocenters. The number of hydrogen-bond donors (Lipinski definition) is 1. The maximum Gasteiger partial charge on any atom is 0.337 e. The van der Waals surface area contributed by atoms with Gasteiger partial charge >= 0.3 is 5.97 Å². The number of nitrogens with one attached hydrogen (secondary N) is 1. The standard InChI is InChI=1S/C20H13ClN2O3S/c1-26-19(25)11-8-9-16-17(10-11)27-20(22-16)23-18(24)14-6-2-5-13-12(14)4-3-7-15(13)21/h2-10H,1H3,(H,22,23,24). The number of methoxy groups -OCH3 is 1. The zero-order valence-electron chi connectivity index (χ0n) is 14.2. The molecule has 0 bridgehead atoms. The van der Waals surface area contributed by atoms with E-state index in [0.29, 0.717) is 26.8 Å². The minimum Gasteiger partial charge on any atom is -0.465 e. The molecule has 1 heterocycles. The Hall–Kier alpha value is -2.96. The van der Waals surface area contributed by atoms with Gasteiger partial charge in [-0.05, 0) is 35.7 Å². The molecule has 1 aromatic heterocycles. The Balaban J connectivity index is 1.67. The molecule has 134 valence electrons. The zero-order chi connectivity index (χ0) is 19.0. The van der Waals surface area contributed by atoms with Crippen LogP contribution in [-0.2, 0) is 4.74 Å². The number of fused-ring (bicyclic) bond motifs is 2. The van der Waals surface area contributed by atoms with Gasteiger partial charge in [0.25, 0.3) is 5.91 Å². The van der Waals surface area contributed by atoms with Gasteiger partial charge in [-0.2, -0.15) is 0 Å². The monoisotopic (exact) mass is 396 g/mol. The molecule has 5 nitrogen and oxygen atoms in total. The molecule has 27 heavy (non-hydrogen) atoms. The number of benzene rings is 3. The summed E-state index contributed by atoms with van der Waals surface area (Å²) >= 11 is 7.51. The van der Waals surface area contributed by atoms with Crippen molar-refractivity contribution in [1.82, 2.24) is 4.98 Å². The summed E-state index contributed by atoms with van der Waals surface area (Å²) in [7, 11) is 1.33. The highest BCUT2D eigenvalue weighted by Gasteiger charge is 2.15. The Morgan fingerprint density at radius 2 is 1.85 bits per heavy atom. The highest BCUT2D eigenvalue weighted by molar-refractivity contribution is 7.22. The van der Waals surface area contributed by atoms with Gasteiger partial charge in [-0.25, -0.2) is 9.78 Å². The molecule has 0 radical (unpaired) electrons. The molecule has 0 saturated carbocycles. The van der Waals surface area contributed by atoms with Crippen molar-refractivity contribution in [3.8, 4) is 0 Å². The van der Waals surface area contributed by atoms with Gasteiger partial charge in [0.15, 0.2) is 5.13 Å². The van der Waals surface area contributed by atoms with Crippen LogP contribution in [0.15, 0.2) is 54.6 Å². The van der Waals surface area contributed by atoms with Crippen molar-refractivity contribution in [3.63, 3.8) is 0 Å². The molecule has 0 spiro atoms. The topological polar surface area (TPSA) is 68.3 Å². The number of carbonyl (C=O) groups is 2. The fourth-order valence-electron chi connectivity index (χ4n) is 2.86. The van der Waals surface area contributed by atoms with Gasteiger partial charge in [-0.15, -0.1) is 0 Å². The summed E-state index contributed by atoms with van der Waals surface area (Å²) in [5.74, 6) is -0.682. The SMILES string of the molecule is COC(=O)c1ccc2nc(NC(=O)c3cccc4c(Cl)cccc34)sc2c1. The molecule has 0 fully saturated rings. The maximum atomic E-state index is 12.8. The number of amides is 1. The van der Waals surface area contributed by atoms with Crippen LogP contribution in [0, 0.1) is 0 Å². The summed E-state index contributed by atoms with van der Waals surface area (Å²) in [6.07, 6.45) is 0. The van der Waals surface area contributed by atoms with Gasteiger partial charge in [-0.3, -0.25) is 10.1 Å². The second-order valence-electron chi connectivity index (χ2n) is 5.79. The van der Waals surface area contributed by atoms with E-state index in [-0.39, 0.29) is 5.91 Å². The lowest BCUT2D eigenvalue weighted by Crippen LogP contribution is -2.12. The first kappa shape index (κ1) is 17.5. The summed E-state index contributed by atoms with van der Waals surface area (Å²) in [6.45, 7) is 0. The highest BCUT2D eigenvalue weighted by atomic mass is 35.5. The third-order valence-corrected chi connectivity index (χ3v) is 5.41. The van der Waals surface area contributed by atoms with Gasteiger partial charge in [0.05, 0.1) is 22.9 Å². The molecule has 4 aromatic rings. The van der Waals surface area contributed by atoms with Crippen molar-refractivity contribution < 1.29 is 14.3 Å². The van der Waals surface area contributed by atoms with E-state index < -0.39 is 5.97 Å². The molecular weight excluding hydrogens is 384 g/mol. The van der Waals surface area contributed by atoms with Gasteiger partial charge in [0.2, 0.25) is 0 Å². The van der Waals surface area contributed by atoms with E-state index >= 15 is 0 Å². The van der Waals surface area contributed by atoms with Crippen molar-refractivity contribution in [2.24, 2.45) is 0 Å². The van der Waals surface area contributed by atoms with Crippen molar-refractivity contribution >= 4 is 60.9 Å². The molecule has 0 aliphatic rings. The summed E-state index contributed by atoms with van der Waals surface area (Å²) in [5, 5.41) is 5.47. The number of anilines is 1. The lowest BCUT2D eigenvalue weighted by molar-refractivity contribution is 0.0601. The van der Waals surface area contributed by atoms with Crippen LogP contribution in [0.25, 0.3) is 21.0 Å². The fraction of sp³-hybridized carbons (Fsp3) is 0.0500. The van der Waals surface area contributed by atoms with E-state index in [2.05, 4.69) is 10.3 Å². The summed E-state index contributed by atoms with van der Waals surface area (Å²) in [6, 6.07) is 16.0. The minimum absolute atomic E-state index is 0.268. The second-order valence-corrected chi connectivity index (χ2v) is 7.23. The summed E-state index contributed by atoms with van der Waals surface area (Å²) in [4.78, 5) is 28.8. The maximum absolute atomic E-state index is 12.8. The quantitative estimate of drug-likeness (QED) is 0.487. The largest absolute Gasteiger partial charge is 0.465 e. The van der Waals surface area contributed by atoms with Gasteiger partial charge in [-0.1, -0.05) is 47.2 Å². The van der Waals surface area contributed by atoms with Crippen LogP contribution in [0.5, 0.6) is 0 Å². The van der Waals surface area contributed by atoms with Crippen LogP contribution in [0.1, 0.15) is 20.7 Å². The first-order valence-corrected chi connectivity index (χ1v) is 9.24. The molecule has 4 rings (SSSR count). The lowest BCUT2D eigenvalue weighted by Gasteiger charge is -2.07. The molecular formula is C20H13ClN2O3S. The summed E-state index contributed by atoms with van der Waals surface area (Å²) < 4.78 is 5.52. The Morgan fingerprint density at radius 3 is 2.67 bits per heavy atom. The van der Waals surface area contributed by atoms with Gasteiger partial charge < -0.3 is 4.74 Å². The van der Waals surface area contributed by atoms with Crippen LogP contribution in [0.2, 0.25) is 5.02 Å². The van der Waals surface area contributed by atoms with E-state index in [1.54, 1.807) is 36.4 Å². The van der Waals surface area contributed by atoms with Crippen molar-refractivity contribution in [1.29, 1.82) is 0 Å². The third-order valence-electron chi connectivity index (χ3n) is 4.14. The van der Waals surface area contributed by atoms with E-state index in [4.69, 9.17) is 16.3 Å². The van der Waals surface area contributed by atoms with Gasteiger partial charge in [0, 0.05) is 16.0 Å². The van der Waals surface area contributed by atoms with Crippen LogP contribution in [-0.4, -0.2) is 24.0 Å². The fourth-order valence-corrected chi connectivity index (χ4v) is 3.99. The number of ether oxygens (including phenoxy) is 1. The van der Waals surface area contributed by atoms with E-state index in [9.17, 15) is 9.59 Å². The van der Waals surface area contributed by atoms with E-state index in [1.807, 2.05) is 18.2 Å². The lowest BCUT2D eigenvalue weighted by atomic mass is 10.0. The molecule has 1 N–H and O–H groups in total. The minimum atomic E-state index is -0.413. The molecule has 3 aromatic carbocycles. The number of carbonyl (C=O) groups excluding carboxylic acids is 2. The van der Waals surface area contributed by atoms with E-state index in [1.165, 1.54) is 18.4 Å². The first-order valence-electron chi connectivity index (χ1n) is 8.04. The zero-order valence-corrected chi connectivity index (χ0v) is 15.7. The Kier molecular flexibility index (Phi) is 4.51. The molecule has 1 amide bonds. The average molecular weight is 397 g/mol. The first-order chi connectivity index (χ1) is 13.1.